The van der Waals surface area contributed by atoms with Gasteiger partial charge in [-0.2, -0.15) is 0 Å². The van der Waals surface area contributed by atoms with Gasteiger partial charge in [0.25, 0.3) is 0 Å². The molecule has 2 aromatic rings. The van der Waals surface area contributed by atoms with Gasteiger partial charge >= 0.3 is 0 Å². The number of furan rings is 1. The predicted molar refractivity (Wildman–Crippen MR) is 92.6 cm³/mol. The third-order valence-electron chi connectivity index (χ3n) is 2.74. The van der Waals surface area contributed by atoms with Crippen LogP contribution in [-0.4, -0.2) is 34.7 Å². The maximum Gasteiger partial charge on any atom is 0.216 e. The number of unbranched alkanes of at least 4 members (excludes halogenated alkanes) is 1. The molecule has 0 radical (unpaired) electrons. The molecule has 0 aromatic carbocycles. The topological polar surface area (TPSA) is 91.1 Å². The smallest absolute Gasteiger partial charge is 0.216 e. The maximum absolute atomic E-state index is 5.24. The largest absolute Gasteiger partial charge is 0.461 e. The van der Waals surface area contributed by atoms with Crippen molar-refractivity contribution in [3.8, 4) is 11.6 Å². The minimum Gasteiger partial charge on any atom is -0.461 e. The second-order valence-corrected chi connectivity index (χ2v) is 4.29. The highest BCUT2D eigenvalue weighted by atomic mass is 127. The van der Waals surface area contributed by atoms with E-state index in [1.165, 1.54) is 0 Å². The van der Waals surface area contributed by atoms with Crippen molar-refractivity contribution in [3.63, 3.8) is 0 Å². The Balaban J connectivity index is 0.00000220. The molecule has 8 heteroatoms. The zero-order valence-corrected chi connectivity index (χ0v) is 14.5. The van der Waals surface area contributed by atoms with E-state index in [1.807, 2.05) is 12.1 Å². The number of hydrogen-bond donors (Lipinski definition) is 3. The Morgan fingerprint density at radius 2 is 2.29 bits per heavy atom. The van der Waals surface area contributed by atoms with E-state index in [0.29, 0.717) is 18.1 Å². The average molecular weight is 404 g/mol. The van der Waals surface area contributed by atoms with Gasteiger partial charge in [0.05, 0.1) is 12.8 Å². The molecule has 2 rings (SSSR count). The maximum atomic E-state index is 5.24. The number of aromatic nitrogens is 3. The number of halogens is 1. The van der Waals surface area contributed by atoms with Crippen molar-refractivity contribution in [3.05, 3.63) is 24.2 Å². The van der Waals surface area contributed by atoms with Crippen LogP contribution in [0.15, 0.2) is 27.8 Å². The van der Waals surface area contributed by atoms with Gasteiger partial charge in [-0.25, -0.2) is 4.98 Å². The summed E-state index contributed by atoms with van der Waals surface area (Å²) in [6, 6.07) is 3.63. The van der Waals surface area contributed by atoms with Gasteiger partial charge < -0.3 is 15.1 Å². The molecule has 0 fully saturated rings. The van der Waals surface area contributed by atoms with Crippen LogP contribution in [-0.2, 0) is 6.54 Å². The SMILES string of the molecule is CCCCNC(=NC)NCc1nc(-c2ccco2)n[nH]1.I. The molecular weight excluding hydrogens is 383 g/mol. The highest BCUT2D eigenvalue weighted by molar-refractivity contribution is 14.0. The lowest BCUT2D eigenvalue weighted by Gasteiger charge is -2.09. The number of nitrogens with zero attached hydrogens (tertiary/aromatic N) is 3. The van der Waals surface area contributed by atoms with Gasteiger partial charge in [-0.1, -0.05) is 13.3 Å². The summed E-state index contributed by atoms with van der Waals surface area (Å²) in [7, 11) is 1.75. The van der Waals surface area contributed by atoms with Crippen LogP contribution >= 0.6 is 24.0 Å². The average Bonchev–Trinajstić information content (AvgIpc) is 3.12. The molecule has 116 valence electrons. The Kier molecular flexibility index (Phi) is 7.80. The van der Waals surface area contributed by atoms with Crippen LogP contribution < -0.4 is 10.6 Å². The second-order valence-electron chi connectivity index (χ2n) is 4.29. The highest BCUT2D eigenvalue weighted by Crippen LogP contribution is 2.13. The quantitative estimate of drug-likeness (QED) is 0.297. The van der Waals surface area contributed by atoms with Gasteiger partial charge in [-0.3, -0.25) is 10.1 Å². The van der Waals surface area contributed by atoms with Crippen molar-refractivity contribution < 1.29 is 4.42 Å². The van der Waals surface area contributed by atoms with Crippen LogP contribution in [0.25, 0.3) is 11.6 Å². The minimum atomic E-state index is 0. The summed E-state index contributed by atoms with van der Waals surface area (Å²) in [6.07, 6.45) is 3.87. The third-order valence-corrected chi connectivity index (χ3v) is 2.74. The van der Waals surface area contributed by atoms with Gasteiger partial charge in [0.2, 0.25) is 5.82 Å². The summed E-state index contributed by atoms with van der Waals surface area (Å²) in [5.74, 6) is 2.70. The van der Waals surface area contributed by atoms with Crippen molar-refractivity contribution in [2.75, 3.05) is 13.6 Å². The first-order valence-corrected chi connectivity index (χ1v) is 6.73. The number of rotatable bonds is 6. The standard InChI is InChI=1S/C13H20N6O.HI/c1-3-4-7-15-13(14-2)16-9-11-17-12(19-18-11)10-6-5-8-20-10;/h5-6,8H,3-4,7,9H2,1-2H3,(H2,14,15,16)(H,17,18,19);1H. The first kappa shape index (κ1) is 17.5. The number of aromatic amines is 1. The van der Waals surface area contributed by atoms with E-state index in [9.17, 15) is 0 Å². The minimum absolute atomic E-state index is 0. The van der Waals surface area contributed by atoms with Crippen LogP contribution in [0, 0.1) is 0 Å². The summed E-state index contributed by atoms with van der Waals surface area (Å²) in [6.45, 7) is 3.59. The molecule has 2 aromatic heterocycles. The van der Waals surface area contributed by atoms with E-state index in [2.05, 4.69) is 37.7 Å². The van der Waals surface area contributed by atoms with Crippen LogP contribution in [0.1, 0.15) is 25.6 Å². The van der Waals surface area contributed by atoms with Gasteiger partial charge in [-0.15, -0.1) is 29.1 Å². The molecule has 0 aliphatic heterocycles. The Hall–Kier alpha value is -1.58. The number of aliphatic imine (C=N–C) groups is 1. The number of hydrogen-bond acceptors (Lipinski definition) is 4. The third kappa shape index (κ3) is 5.37. The monoisotopic (exact) mass is 404 g/mol. The van der Waals surface area contributed by atoms with Gasteiger partial charge in [0, 0.05) is 13.6 Å². The van der Waals surface area contributed by atoms with E-state index >= 15 is 0 Å². The molecule has 2 heterocycles. The van der Waals surface area contributed by atoms with Crippen molar-refractivity contribution >= 4 is 29.9 Å². The Morgan fingerprint density at radius 3 is 2.95 bits per heavy atom. The molecule has 0 spiro atoms. The van der Waals surface area contributed by atoms with E-state index in [0.717, 1.165) is 31.2 Å². The molecule has 0 unspecified atom stereocenters. The molecule has 0 atom stereocenters. The van der Waals surface area contributed by atoms with Crippen LogP contribution in [0.4, 0.5) is 0 Å². The molecule has 21 heavy (non-hydrogen) atoms. The fourth-order valence-electron chi connectivity index (χ4n) is 1.66. The molecule has 3 N–H and O–H groups in total. The second kappa shape index (κ2) is 9.37. The van der Waals surface area contributed by atoms with E-state index in [-0.39, 0.29) is 24.0 Å². The molecule has 0 saturated heterocycles. The van der Waals surface area contributed by atoms with Gasteiger partial charge in [0.15, 0.2) is 11.7 Å². The molecule has 0 amide bonds. The summed E-state index contributed by atoms with van der Waals surface area (Å²) in [5.41, 5.74) is 0. The number of H-pyrrole nitrogens is 1. The van der Waals surface area contributed by atoms with Crippen LogP contribution in [0.2, 0.25) is 0 Å². The molecule has 0 bridgehead atoms. The highest BCUT2D eigenvalue weighted by Gasteiger charge is 2.08. The van der Waals surface area contributed by atoms with Gasteiger partial charge in [0.1, 0.15) is 5.82 Å². The van der Waals surface area contributed by atoms with E-state index in [1.54, 1.807) is 13.3 Å². The Morgan fingerprint density at radius 1 is 1.43 bits per heavy atom. The lowest BCUT2D eigenvalue weighted by Crippen LogP contribution is -2.37. The van der Waals surface area contributed by atoms with E-state index < -0.39 is 0 Å². The first-order valence-electron chi connectivity index (χ1n) is 6.73. The Labute approximate surface area is 141 Å². The normalized spacial score (nSPS) is 11.0. The summed E-state index contributed by atoms with van der Waals surface area (Å²) < 4.78 is 5.24. The zero-order chi connectivity index (χ0) is 14.2. The fraction of sp³-hybridized carbons (Fsp3) is 0.462. The van der Waals surface area contributed by atoms with E-state index in [4.69, 9.17) is 4.42 Å². The molecule has 0 aliphatic carbocycles. The Bertz CT molecular complexity index is 537. The van der Waals surface area contributed by atoms with Gasteiger partial charge in [-0.05, 0) is 18.6 Å². The molecule has 0 saturated carbocycles. The van der Waals surface area contributed by atoms with Crippen molar-refractivity contribution in [2.24, 2.45) is 4.99 Å². The van der Waals surface area contributed by atoms with Crippen molar-refractivity contribution in [1.82, 2.24) is 25.8 Å². The molecular formula is C13H21IN6O. The van der Waals surface area contributed by atoms with Crippen LogP contribution in [0.5, 0.6) is 0 Å². The molecule has 0 aliphatic rings. The fourth-order valence-corrected chi connectivity index (χ4v) is 1.66. The molecule has 7 nitrogen and oxygen atoms in total. The summed E-state index contributed by atoms with van der Waals surface area (Å²) in [4.78, 5) is 8.50. The van der Waals surface area contributed by atoms with Crippen molar-refractivity contribution in [1.29, 1.82) is 0 Å². The summed E-state index contributed by atoms with van der Waals surface area (Å²) in [5, 5.41) is 13.4. The van der Waals surface area contributed by atoms with Crippen molar-refractivity contribution in [2.45, 2.75) is 26.3 Å². The first-order chi connectivity index (χ1) is 9.83. The number of guanidine groups is 1. The lowest BCUT2D eigenvalue weighted by atomic mass is 10.3. The zero-order valence-electron chi connectivity index (χ0n) is 12.2. The summed E-state index contributed by atoms with van der Waals surface area (Å²) >= 11 is 0. The lowest BCUT2D eigenvalue weighted by molar-refractivity contribution is 0.577. The predicted octanol–water partition coefficient (Wildman–Crippen LogP) is 2.15. The number of nitrogens with one attached hydrogen (secondary N) is 3. The van der Waals surface area contributed by atoms with Crippen LogP contribution in [0.3, 0.4) is 0 Å².